The van der Waals surface area contributed by atoms with E-state index in [0.717, 1.165) is 5.56 Å². The van der Waals surface area contributed by atoms with Crippen LogP contribution in [-0.2, 0) is 0 Å². The smallest absolute Gasteiger partial charge is 0.179 e. The predicted molar refractivity (Wildman–Crippen MR) is 81.3 cm³/mol. The third-order valence-electron chi connectivity index (χ3n) is 3.05. The second kappa shape index (κ2) is 7.41. The van der Waals surface area contributed by atoms with Crippen molar-refractivity contribution in [1.29, 1.82) is 0 Å². The summed E-state index contributed by atoms with van der Waals surface area (Å²) in [6.45, 7) is 6.70. The molecule has 0 aliphatic carbocycles. The van der Waals surface area contributed by atoms with Gasteiger partial charge in [-0.2, -0.15) is 0 Å². The Morgan fingerprint density at radius 2 is 2.16 bits per heavy atom. The van der Waals surface area contributed by atoms with Gasteiger partial charge in [0, 0.05) is 6.04 Å². The molecule has 3 nitrogen and oxygen atoms in total. The molecular weight excluding hydrogens is 262 g/mol. The molecule has 1 aromatic carbocycles. The number of rotatable bonds is 6. The largest absolute Gasteiger partial charge is 0.491 e. The fraction of sp³-hybridized carbons (Fsp3) is 0.467. The summed E-state index contributed by atoms with van der Waals surface area (Å²) in [6, 6.07) is 4.14. The third kappa shape index (κ3) is 4.15. The number of ether oxygens (including phenoxy) is 2. The van der Waals surface area contributed by atoms with Gasteiger partial charge in [0.15, 0.2) is 11.5 Å². The Morgan fingerprint density at radius 3 is 2.68 bits per heavy atom. The first-order valence-electron chi connectivity index (χ1n) is 6.39. The van der Waals surface area contributed by atoms with Gasteiger partial charge in [0.1, 0.15) is 0 Å². The van der Waals surface area contributed by atoms with Crippen LogP contribution in [0.1, 0.15) is 26.3 Å². The number of hydrogen-bond donors (Lipinski definition) is 1. The Labute approximate surface area is 120 Å². The van der Waals surface area contributed by atoms with Crippen molar-refractivity contribution in [3.05, 3.63) is 28.3 Å². The highest BCUT2D eigenvalue weighted by atomic mass is 35.5. The number of benzene rings is 1. The van der Waals surface area contributed by atoms with Crippen LogP contribution in [0.15, 0.2) is 17.7 Å². The minimum absolute atomic E-state index is 0.316. The van der Waals surface area contributed by atoms with Gasteiger partial charge < -0.3 is 14.8 Å². The van der Waals surface area contributed by atoms with Crippen LogP contribution in [0.5, 0.6) is 11.5 Å². The molecule has 1 N–H and O–H groups in total. The van der Waals surface area contributed by atoms with E-state index in [4.69, 9.17) is 21.1 Å². The molecule has 0 aromatic heterocycles. The lowest BCUT2D eigenvalue weighted by Crippen LogP contribution is -2.21. The molecule has 0 saturated heterocycles. The summed E-state index contributed by atoms with van der Waals surface area (Å²) in [5.41, 5.74) is 2.24. The average Bonchev–Trinajstić information content (AvgIpc) is 2.38. The summed E-state index contributed by atoms with van der Waals surface area (Å²) in [5.74, 6) is 1.26. The lowest BCUT2D eigenvalue weighted by atomic mass is 10.1. The molecule has 19 heavy (non-hydrogen) atoms. The van der Waals surface area contributed by atoms with E-state index in [2.05, 4.69) is 25.2 Å². The van der Waals surface area contributed by atoms with E-state index in [1.807, 2.05) is 26.1 Å². The van der Waals surface area contributed by atoms with Crippen LogP contribution in [-0.4, -0.2) is 26.8 Å². The minimum Gasteiger partial charge on any atom is -0.491 e. The monoisotopic (exact) mass is 283 g/mol. The Bertz CT molecular complexity index is 458. The molecule has 0 heterocycles. The number of hydrogen-bond acceptors (Lipinski definition) is 3. The summed E-state index contributed by atoms with van der Waals surface area (Å²) in [7, 11) is 3.53. The van der Waals surface area contributed by atoms with Gasteiger partial charge in [0.25, 0.3) is 0 Å². The fourth-order valence-corrected chi connectivity index (χ4v) is 2.04. The van der Waals surface area contributed by atoms with E-state index in [1.54, 1.807) is 7.11 Å². The molecule has 1 aromatic rings. The molecule has 0 aliphatic rings. The van der Waals surface area contributed by atoms with Gasteiger partial charge in [-0.3, -0.25) is 0 Å². The zero-order valence-electron chi connectivity index (χ0n) is 12.2. The van der Waals surface area contributed by atoms with Crippen LogP contribution in [0, 0.1) is 0 Å². The Kier molecular flexibility index (Phi) is 6.19. The third-order valence-corrected chi connectivity index (χ3v) is 3.33. The van der Waals surface area contributed by atoms with Gasteiger partial charge in [0.2, 0.25) is 0 Å². The average molecular weight is 284 g/mol. The van der Waals surface area contributed by atoms with Crippen LogP contribution >= 0.6 is 11.6 Å². The molecule has 0 saturated carbocycles. The summed E-state index contributed by atoms with van der Waals surface area (Å²) >= 11 is 6.22. The SMILES string of the molecule is CCOc1cc(/C=C(/C)C(C)NC)cc(Cl)c1OC. The van der Waals surface area contributed by atoms with Crippen molar-refractivity contribution in [3.8, 4) is 11.5 Å². The first kappa shape index (κ1) is 15.9. The zero-order chi connectivity index (χ0) is 14.4. The molecule has 1 atom stereocenters. The summed E-state index contributed by atoms with van der Waals surface area (Å²) in [5, 5.41) is 3.76. The van der Waals surface area contributed by atoms with Crippen molar-refractivity contribution in [2.24, 2.45) is 0 Å². The molecule has 4 heteroatoms. The highest BCUT2D eigenvalue weighted by molar-refractivity contribution is 6.32. The maximum Gasteiger partial charge on any atom is 0.179 e. The summed E-state index contributed by atoms with van der Waals surface area (Å²) in [6.07, 6.45) is 2.09. The Morgan fingerprint density at radius 1 is 1.47 bits per heavy atom. The predicted octanol–water partition coefficient (Wildman–Crippen LogP) is 3.76. The molecule has 0 spiro atoms. The van der Waals surface area contributed by atoms with Crippen molar-refractivity contribution in [1.82, 2.24) is 5.32 Å². The van der Waals surface area contributed by atoms with Gasteiger partial charge in [-0.25, -0.2) is 0 Å². The maximum atomic E-state index is 6.22. The van der Waals surface area contributed by atoms with Crippen molar-refractivity contribution >= 4 is 17.7 Å². The highest BCUT2D eigenvalue weighted by Gasteiger charge is 2.11. The van der Waals surface area contributed by atoms with Gasteiger partial charge in [-0.1, -0.05) is 23.3 Å². The van der Waals surface area contributed by atoms with E-state index < -0.39 is 0 Å². The van der Waals surface area contributed by atoms with Gasteiger partial charge in [0.05, 0.1) is 18.7 Å². The molecule has 1 unspecified atom stereocenters. The lowest BCUT2D eigenvalue weighted by molar-refractivity contribution is 0.311. The van der Waals surface area contributed by atoms with Crippen molar-refractivity contribution < 1.29 is 9.47 Å². The van der Waals surface area contributed by atoms with Crippen LogP contribution < -0.4 is 14.8 Å². The quantitative estimate of drug-likeness (QED) is 0.862. The molecule has 0 fully saturated rings. The van der Waals surface area contributed by atoms with E-state index in [0.29, 0.717) is 29.2 Å². The summed E-state index contributed by atoms with van der Waals surface area (Å²) < 4.78 is 10.8. The lowest BCUT2D eigenvalue weighted by Gasteiger charge is -2.14. The maximum absolute atomic E-state index is 6.22. The number of methoxy groups -OCH3 is 1. The van der Waals surface area contributed by atoms with Crippen LogP contribution in [0.2, 0.25) is 5.02 Å². The van der Waals surface area contributed by atoms with Gasteiger partial charge in [-0.05, 0) is 45.5 Å². The van der Waals surface area contributed by atoms with Crippen molar-refractivity contribution in [2.75, 3.05) is 20.8 Å². The topological polar surface area (TPSA) is 30.5 Å². The minimum atomic E-state index is 0.316. The van der Waals surface area contributed by atoms with Gasteiger partial charge >= 0.3 is 0 Å². The molecule has 0 amide bonds. The zero-order valence-corrected chi connectivity index (χ0v) is 13.0. The standard InChI is InChI=1S/C15H22ClNO2/c1-6-19-14-9-12(7-10(2)11(3)17-4)8-13(16)15(14)18-5/h7-9,11,17H,6H2,1-5H3/b10-7-. The van der Waals surface area contributed by atoms with Crippen LogP contribution in [0.25, 0.3) is 6.08 Å². The molecule has 106 valence electrons. The molecule has 0 bridgehead atoms. The summed E-state index contributed by atoms with van der Waals surface area (Å²) in [4.78, 5) is 0. The van der Waals surface area contributed by atoms with Gasteiger partial charge in [-0.15, -0.1) is 0 Å². The van der Waals surface area contributed by atoms with E-state index in [9.17, 15) is 0 Å². The second-order valence-electron chi connectivity index (χ2n) is 4.37. The second-order valence-corrected chi connectivity index (χ2v) is 4.77. The van der Waals surface area contributed by atoms with Crippen molar-refractivity contribution in [2.45, 2.75) is 26.8 Å². The molecule has 0 radical (unpaired) electrons. The fourth-order valence-electron chi connectivity index (χ4n) is 1.75. The van der Waals surface area contributed by atoms with Crippen molar-refractivity contribution in [3.63, 3.8) is 0 Å². The van der Waals surface area contributed by atoms with E-state index in [-0.39, 0.29) is 0 Å². The Balaban J connectivity index is 3.16. The number of likely N-dealkylation sites (N-methyl/N-ethyl adjacent to an activating group) is 1. The first-order chi connectivity index (χ1) is 9.03. The molecule has 0 aliphatic heterocycles. The molecular formula is C15H22ClNO2. The van der Waals surface area contributed by atoms with Crippen LogP contribution in [0.4, 0.5) is 0 Å². The number of halogens is 1. The normalized spacial score (nSPS) is 13.3. The molecule has 1 rings (SSSR count). The van der Waals surface area contributed by atoms with E-state index >= 15 is 0 Å². The van der Waals surface area contributed by atoms with Crippen LogP contribution in [0.3, 0.4) is 0 Å². The number of nitrogens with one attached hydrogen (secondary N) is 1. The first-order valence-corrected chi connectivity index (χ1v) is 6.77. The Hall–Kier alpha value is -1.19. The highest BCUT2D eigenvalue weighted by Crippen LogP contribution is 2.36. The van der Waals surface area contributed by atoms with E-state index in [1.165, 1.54) is 5.57 Å².